The highest BCUT2D eigenvalue weighted by Crippen LogP contribution is 2.30. The number of piperidine rings is 1. The number of nitrogens with one attached hydrogen (secondary N) is 1. The summed E-state index contributed by atoms with van der Waals surface area (Å²) in [6.07, 6.45) is 4.48. The van der Waals surface area contributed by atoms with E-state index >= 15 is 0 Å². The van der Waals surface area contributed by atoms with Crippen molar-refractivity contribution in [2.45, 2.75) is 122 Å². The maximum atomic E-state index is 13.4. The third-order valence-electron chi connectivity index (χ3n) is 7.85. The van der Waals surface area contributed by atoms with Crippen molar-refractivity contribution >= 4 is 18.1 Å². The average Bonchev–Trinajstić information content (AvgIpc) is 2.92. The van der Waals surface area contributed by atoms with Crippen molar-refractivity contribution in [1.29, 1.82) is 0 Å². The Morgan fingerprint density at radius 1 is 0.909 bits per heavy atom. The molecule has 1 aliphatic carbocycles. The Bertz CT molecular complexity index is 1120. The van der Waals surface area contributed by atoms with Crippen molar-refractivity contribution in [2.24, 2.45) is 0 Å². The standard InChI is InChI=1S/C32H47F2N3O7/c1-21(2)41-30(40)36-16-14-26(15-17-36)43-25-12-10-24(11-13-25)42-23-8-6-22(7-9-23)18-27(35-29(39)44-31(3,4)5)28(38)37-19-32(33,34)20-37/h6-9,21,24-27H,10-20H2,1-5H3,(H,35,39)/t24-,25-,27-/m0/s1. The van der Waals surface area contributed by atoms with Crippen molar-refractivity contribution in [2.75, 3.05) is 26.2 Å². The molecule has 12 heteroatoms. The summed E-state index contributed by atoms with van der Waals surface area (Å²) in [5, 5.41) is 2.56. The van der Waals surface area contributed by atoms with Gasteiger partial charge in [0, 0.05) is 19.5 Å². The number of ether oxygens (including phenoxy) is 4. The van der Waals surface area contributed by atoms with E-state index in [1.165, 1.54) is 0 Å². The number of alkyl halides is 2. The molecule has 0 unspecified atom stereocenters. The number of alkyl carbamates (subject to hydrolysis) is 1. The first-order valence-corrected chi connectivity index (χ1v) is 15.7. The van der Waals surface area contributed by atoms with Gasteiger partial charge in [0.1, 0.15) is 17.4 Å². The van der Waals surface area contributed by atoms with E-state index in [1.54, 1.807) is 25.7 Å². The Hall–Kier alpha value is -3.15. The highest BCUT2D eigenvalue weighted by molar-refractivity contribution is 5.86. The lowest BCUT2D eigenvalue weighted by molar-refractivity contribution is -0.167. The van der Waals surface area contributed by atoms with Crippen LogP contribution in [0.1, 0.15) is 78.7 Å². The smallest absolute Gasteiger partial charge is 0.410 e. The summed E-state index contributed by atoms with van der Waals surface area (Å²) >= 11 is 0. The molecule has 0 radical (unpaired) electrons. The molecule has 246 valence electrons. The molecule has 3 aliphatic rings. The lowest BCUT2D eigenvalue weighted by atomic mass is 9.94. The molecule has 44 heavy (non-hydrogen) atoms. The Morgan fingerprint density at radius 3 is 2.02 bits per heavy atom. The van der Waals surface area contributed by atoms with E-state index in [4.69, 9.17) is 18.9 Å². The SMILES string of the molecule is CC(C)OC(=O)N1CCC(O[C@H]2CC[C@H](Oc3ccc(C[C@H](NC(=O)OC(C)(C)C)C(=O)N4CC(F)(F)C4)cc3)CC2)CC1. The zero-order chi connectivity index (χ0) is 32.1. The summed E-state index contributed by atoms with van der Waals surface area (Å²) in [6, 6.07) is 6.24. The summed E-state index contributed by atoms with van der Waals surface area (Å²) in [4.78, 5) is 40.3. The third kappa shape index (κ3) is 10.2. The summed E-state index contributed by atoms with van der Waals surface area (Å²) < 4.78 is 50.0. The van der Waals surface area contributed by atoms with E-state index in [0.717, 1.165) is 49.0 Å². The van der Waals surface area contributed by atoms with Crippen LogP contribution in [0, 0.1) is 0 Å². The van der Waals surface area contributed by atoms with Gasteiger partial charge in [-0.15, -0.1) is 0 Å². The molecule has 1 saturated carbocycles. The highest BCUT2D eigenvalue weighted by atomic mass is 19.3. The van der Waals surface area contributed by atoms with E-state index in [1.807, 2.05) is 38.1 Å². The van der Waals surface area contributed by atoms with Gasteiger partial charge in [-0.3, -0.25) is 4.79 Å². The third-order valence-corrected chi connectivity index (χ3v) is 7.85. The van der Waals surface area contributed by atoms with Crippen LogP contribution in [-0.4, -0.2) is 96.1 Å². The van der Waals surface area contributed by atoms with Crippen molar-refractivity contribution in [3.05, 3.63) is 29.8 Å². The van der Waals surface area contributed by atoms with E-state index < -0.39 is 42.7 Å². The van der Waals surface area contributed by atoms with Gasteiger partial charge in [0.05, 0.1) is 37.5 Å². The number of carbonyl (C=O) groups excluding carboxylic acids is 3. The molecule has 2 heterocycles. The van der Waals surface area contributed by atoms with Gasteiger partial charge in [-0.2, -0.15) is 0 Å². The van der Waals surface area contributed by atoms with E-state index in [0.29, 0.717) is 18.8 Å². The van der Waals surface area contributed by atoms with Crippen molar-refractivity contribution in [3.8, 4) is 5.75 Å². The number of nitrogens with zero attached hydrogens (tertiary/aromatic N) is 2. The van der Waals surface area contributed by atoms with E-state index in [9.17, 15) is 23.2 Å². The molecule has 3 amide bonds. The van der Waals surface area contributed by atoms with Crippen LogP contribution in [0.3, 0.4) is 0 Å². The van der Waals surface area contributed by atoms with Crippen LogP contribution in [0.15, 0.2) is 24.3 Å². The van der Waals surface area contributed by atoms with Crippen molar-refractivity contribution < 1.29 is 42.1 Å². The fourth-order valence-corrected chi connectivity index (χ4v) is 5.68. The molecular weight excluding hydrogens is 576 g/mol. The van der Waals surface area contributed by atoms with E-state index in [2.05, 4.69) is 5.32 Å². The zero-order valence-corrected chi connectivity index (χ0v) is 26.5. The normalized spacial score (nSPS) is 23.0. The summed E-state index contributed by atoms with van der Waals surface area (Å²) in [6.45, 7) is 8.78. The minimum absolute atomic E-state index is 0.0598. The summed E-state index contributed by atoms with van der Waals surface area (Å²) in [5.41, 5.74) is -0.0202. The van der Waals surface area contributed by atoms with Crippen LogP contribution in [0.5, 0.6) is 5.75 Å². The summed E-state index contributed by atoms with van der Waals surface area (Å²) in [5.74, 6) is -2.78. The summed E-state index contributed by atoms with van der Waals surface area (Å²) in [7, 11) is 0. The van der Waals surface area contributed by atoms with Gasteiger partial charge in [-0.25, -0.2) is 18.4 Å². The van der Waals surface area contributed by atoms with Gasteiger partial charge in [0.2, 0.25) is 5.91 Å². The molecule has 0 spiro atoms. The molecule has 1 N–H and O–H groups in total. The Labute approximate surface area is 258 Å². The molecule has 1 atom stereocenters. The van der Waals surface area contributed by atoms with Crippen molar-refractivity contribution in [1.82, 2.24) is 15.1 Å². The van der Waals surface area contributed by atoms with Gasteiger partial charge in [0.15, 0.2) is 0 Å². The molecule has 1 aromatic rings. The van der Waals surface area contributed by atoms with Crippen LogP contribution in [0.4, 0.5) is 18.4 Å². The molecule has 2 aliphatic heterocycles. The minimum Gasteiger partial charge on any atom is -0.490 e. The number of benzene rings is 1. The number of amides is 3. The molecule has 0 aromatic heterocycles. The Balaban J connectivity index is 1.22. The van der Waals surface area contributed by atoms with Crippen LogP contribution in [0.2, 0.25) is 0 Å². The molecule has 3 fully saturated rings. The molecule has 4 rings (SSSR count). The van der Waals surface area contributed by atoms with Gasteiger partial charge < -0.3 is 34.1 Å². The molecular formula is C32H47F2N3O7. The largest absolute Gasteiger partial charge is 0.490 e. The molecule has 1 aromatic carbocycles. The Morgan fingerprint density at radius 2 is 1.48 bits per heavy atom. The quantitative estimate of drug-likeness (QED) is 0.397. The Kier molecular flexibility index (Phi) is 11.0. The minimum atomic E-state index is -2.90. The maximum Gasteiger partial charge on any atom is 0.410 e. The number of halogens is 2. The van der Waals surface area contributed by atoms with E-state index in [-0.39, 0.29) is 36.9 Å². The lowest BCUT2D eigenvalue weighted by Gasteiger charge is -2.40. The highest BCUT2D eigenvalue weighted by Gasteiger charge is 2.48. The average molecular weight is 624 g/mol. The topological polar surface area (TPSA) is 107 Å². The van der Waals surface area contributed by atoms with Crippen molar-refractivity contribution in [3.63, 3.8) is 0 Å². The van der Waals surface area contributed by atoms with Gasteiger partial charge in [-0.1, -0.05) is 12.1 Å². The number of likely N-dealkylation sites (tertiary alicyclic amines) is 2. The number of hydrogen-bond acceptors (Lipinski definition) is 7. The van der Waals surface area contributed by atoms with Crippen LogP contribution in [0.25, 0.3) is 0 Å². The van der Waals surface area contributed by atoms with Gasteiger partial charge in [0.25, 0.3) is 5.92 Å². The first-order chi connectivity index (χ1) is 20.7. The number of carbonyl (C=O) groups is 3. The fraction of sp³-hybridized carbons (Fsp3) is 0.719. The fourth-order valence-electron chi connectivity index (χ4n) is 5.68. The molecule has 10 nitrogen and oxygen atoms in total. The van der Waals surface area contributed by atoms with Gasteiger partial charge in [-0.05, 0) is 90.8 Å². The second-order valence-corrected chi connectivity index (χ2v) is 13.4. The first-order valence-electron chi connectivity index (χ1n) is 15.7. The predicted molar refractivity (Wildman–Crippen MR) is 159 cm³/mol. The van der Waals surface area contributed by atoms with Gasteiger partial charge >= 0.3 is 12.2 Å². The number of rotatable bonds is 9. The molecule has 2 saturated heterocycles. The second-order valence-electron chi connectivity index (χ2n) is 13.4. The number of hydrogen-bond donors (Lipinski definition) is 1. The maximum absolute atomic E-state index is 13.4. The lowest BCUT2D eigenvalue weighted by Crippen LogP contribution is -2.63. The second kappa shape index (κ2) is 14.3. The van der Waals surface area contributed by atoms with Crippen LogP contribution >= 0.6 is 0 Å². The monoisotopic (exact) mass is 623 g/mol. The zero-order valence-electron chi connectivity index (χ0n) is 26.5. The first kappa shape index (κ1) is 33.7. The van der Waals surface area contributed by atoms with Crippen LogP contribution in [-0.2, 0) is 25.4 Å². The van der Waals surface area contributed by atoms with Crippen LogP contribution < -0.4 is 10.1 Å². The predicted octanol–water partition coefficient (Wildman–Crippen LogP) is 5.32. The molecule has 0 bridgehead atoms.